The lowest BCUT2D eigenvalue weighted by atomic mass is 9.71. The minimum Gasteiger partial charge on any atom is -0.481 e. The quantitative estimate of drug-likeness (QED) is 0.860. The Bertz CT molecular complexity index is 489. The highest BCUT2D eigenvalue weighted by molar-refractivity contribution is 5.85. The van der Waals surface area contributed by atoms with Gasteiger partial charge >= 0.3 is 5.97 Å². The lowest BCUT2D eigenvalue weighted by Gasteiger charge is -2.32. The van der Waals surface area contributed by atoms with E-state index in [2.05, 4.69) is 10.3 Å². The molecule has 1 aromatic heterocycles. The highest BCUT2D eigenvalue weighted by atomic mass is 16.4. The second-order valence-corrected chi connectivity index (χ2v) is 5.46. The van der Waals surface area contributed by atoms with Crippen LogP contribution in [0.4, 0.5) is 0 Å². The van der Waals surface area contributed by atoms with Crippen molar-refractivity contribution < 1.29 is 19.1 Å². The van der Waals surface area contributed by atoms with E-state index in [9.17, 15) is 14.7 Å². The number of carbonyl (C=O) groups is 2. The van der Waals surface area contributed by atoms with Crippen molar-refractivity contribution in [1.82, 2.24) is 10.3 Å². The fraction of sp³-hybridized carbons (Fsp3) is 0.643. The van der Waals surface area contributed by atoms with E-state index in [4.69, 9.17) is 4.42 Å². The van der Waals surface area contributed by atoms with E-state index < -0.39 is 11.4 Å². The molecule has 0 aromatic carbocycles. The molecule has 0 unspecified atom stereocenters. The Morgan fingerprint density at radius 3 is 2.65 bits per heavy atom. The molecular weight excluding hydrogens is 260 g/mol. The summed E-state index contributed by atoms with van der Waals surface area (Å²) in [7, 11) is 0. The van der Waals surface area contributed by atoms with Crippen LogP contribution in [0.2, 0.25) is 0 Å². The van der Waals surface area contributed by atoms with Crippen molar-refractivity contribution in [3.05, 3.63) is 17.8 Å². The van der Waals surface area contributed by atoms with E-state index in [1.54, 1.807) is 13.1 Å². The van der Waals surface area contributed by atoms with Crippen LogP contribution in [-0.2, 0) is 16.1 Å². The standard InChI is InChI=1S/C14H20N2O4/c1-10-8-16-12(20-10)9-15-11(17)7-14(13(18)19)5-3-2-4-6-14/h8H,2-7,9H2,1H3,(H,15,17)(H,18,19). The number of rotatable bonds is 5. The summed E-state index contributed by atoms with van der Waals surface area (Å²) in [5.74, 6) is -0.00289. The largest absolute Gasteiger partial charge is 0.481 e. The van der Waals surface area contributed by atoms with Gasteiger partial charge in [-0.1, -0.05) is 19.3 Å². The maximum absolute atomic E-state index is 12.0. The molecule has 2 rings (SSSR count). The van der Waals surface area contributed by atoms with Crippen molar-refractivity contribution in [2.75, 3.05) is 0 Å². The Morgan fingerprint density at radius 1 is 1.40 bits per heavy atom. The Hall–Kier alpha value is -1.85. The third-order valence-corrected chi connectivity index (χ3v) is 3.87. The summed E-state index contributed by atoms with van der Waals surface area (Å²) in [5, 5.41) is 12.1. The van der Waals surface area contributed by atoms with Crippen LogP contribution in [0.15, 0.2) is 10.6 Å². The van der Waals surface area contributed by atoms with Crippen LogP contribution in [0, 0.1) is 12.3 Å². The molecule has 0 radical (unpaired) electrons. The minimum absolute atomic E-state index is 0.0298. The van der Waals surface area contributed by atoms with Crippen molar-refractivity contribution in [2.24, 2.45) is 5.41 Å². The number of carboxylic acid groups (broad SMARTS) is 1. The molecule has 0 bridgehead atoms. The molecule has 0 aliphatic heterocycles. The normalized spacial score (nSPS) is 17.6. The molecular formula is C14H20N2O4. The van der Waals surface area contributed by atoms with Crippen molar-refractivity contribution in [3.8, 4) is 0 Å². The third-order valence-electron chi connectivity index (χ3n) is 3.87. The SMILES string of the molecule is Cc1cnc(CNC(=O)CC2(C(=O)O)CCCCC2)o1. The van der Waals surface area contributed by atoms with Gasteiger partial charge in [0.2, 0.25) is 11.8 Å². The molecule has 20 heavy (non-hydrogen) atoms. The number of hydrogen-bond acceptors (Lipinski definition) is 4. The van der Waals surface area contributed by atoms with Gasteiger partial charge in [-0.15, -0.1) is 0 Å². The molecule has 1 aliphatic rings. The molecule has 0 saturated heterocycles. The lowest BCUT2D eigenvalue weighted by Crippen LogP contribution is -2.39. The molecule has 0 spiro atoms. The second kappa shape index (κ2) is 6.07. The molecule has 1 saturated carbocycles. The van der Waals surface area contributed by atoms with Crippen LogP contribution in [0.25, 0.3) is 0 Å². The van der Waals surface area contributed by atoms with Gasteiger partial charge in [-0.25, -0.2) is 4.98 Å². The van der Waals surface area contributed by atoms with Crippen LogP contribution in [0.1, 0.15) is 50.2 Å². The van der Waals surface area contributed by atoms with Gasteiger partial charge in [0.25, 0.3) is 0 Å². The molecule has 1 amide bonds. The molecule has 1 aliphatic carbocycles. The maximum atomic E-state index is 12.0. The fourth-order valence-corrected chi connectivity index (χ4v) is 2.72. The van der Waals surface area contributed by atoms with E-state index in [1.165, 1.54) is 0 Å². The summed E-state index contributed by atoms with van der Waals surface area (Å²) in [6, 6.07) is 0. The number of aliphatic carboxylic acids is 1. The van der Waals surface area contributed by atoms with E-state index >= 15 is 0 Å². The Morgan fingerprint density at radius 2 is 2.10 bits per heavy atom. The van der Waals surface area contributed by atoms with Crippen molar-refractivity contribution >= 4 is 11.9 Å². The maximum Gasteiger partial charge on any atom is 0.310 e. The zero-order valence-electron chi connectivity index (χ0n) is 11.6. The number of nitrogens with zero attached hydrogens (tertiary/aromatic N) is 1. The summed E-state index contributed by atoms with van der Waals surface area (Å²) in [4.78, 5) is 27.4. The average Bonchev–Trinajstić information content (AvgIpc) is 2.83. The highest BCUT2D eigenvalue weighted by Crippen LogP contribution is 2.39. The second-order valence-electron chi connectivity index (χ2n) is 5.46. The monoisotopic (exact) mass is 280 g/mol. The van der Waals surface area contributed by atoms with E-state index in [1.807, 2.05) is 0 Å². The number of aryl methyl sites for hydroxylation is 1. The Kier molecular flexibility index (Phi) is 4.42. The first-order valence-corrected chi connectivity index (χ1v) is 6.93. The highest BCUT2D eigenvalue weighted by Gasteiger charge is 2.41. The van der Waals surface area contributed by atoms with E-state index in [0.717, 1.165) is 19.3 Å². The van der Waals surface area contributed by atoms with Gasteiger partial charge in [0.15, 0.2) is 0 Å². The summed E-state index contributed by atoms with van der Waals surface area (Å²) in [6.45, 7) is 1.97. The van der Waals surface area contributed by atoms with Gasteiger partial charge in [-0.3, -0.25) is 9.59 Å². The van der Waals surface area contributed by atoms with Gasteiger partial charge in [0.1, 0.15) is 5.76 Å². The summed E-state index contributed by atoms with van der Waals surface area (Å²) in [6.07, 6.45) is 5.56. The van der Waals surface area contributed by atoms with Crippen LogP contribution in [0.3, 0.4) is 0 Å². The summed E-state index contributed by atoms with van der Waals surface area (Å²) < 4.78 is 5.25. The molecule has 1 heterocycles. The first kappa shape index (κ1) is 14.6. The molecule has 1 fully saturated rings. The number of nitrogens with one attached hydrogen (secondary N) is 1. The van der Waals surface area contributed by atoms with Crippen LogP contribution in [0.5, 0.6) is 0 Å². The van der Waals surface area contributed by atoms with Crippen molar-refractivity contribution in [2.45, 2.75) is 52.0 Å². The molecule has 0 atom stereocenters. The molecule has 1 aromatic rings. The predicted octanol–water partition coefficient (Wildman–Crippen LogP) is 2.02. The molecule has 2 N–H and O–H groups in total. The molecule has 6 heteroatoms. The van der Waals surface area contributed by atoms with Gasteiger partial charge in [0, 0.05) is 6.42 Å². The minimum atomic E-state index is -0.894. The number of aromatic nitrogens is 1. The number of carboxylic acids is 1. The Labute approximate surface area is 117 Å². The van der Waals surface area contributed by atoms with Crippen molar-refractivity contribution in [3.63, 3.8) is 0 Å². The lowest BCUT2D eigenvalue weighted by molar-refractivity contribution is -0.154. The van der Waals surface area contributed by atoms with Gasteiger partial charge < -0.3 is 14.8 Å². The summed E-state index contributed by atoms with van der Waals surface area (Å²) in [5.41, 5.74) is -0.894. The van der Waals surface area contributed by atoms with Gasteiger partial charge in [-0.05, 0) is 19.8 Å². The zero-order valence-corrected chi connectivity index (χ0v) is 11.6. The number of carbonyl (C=O) groups excluding carboxylic acids is 1. The smallest absolute Gasteiger partial charge is 0.310 e. The average molecular weight is 280 g/mol. The first-order chi connectivity index (χ1) is 9.52. The number of hydrogen-bond donors (Lipinski definition) is 2. The number of oxazole rings is 1. The Balaban J connectivity index is 1.90. The van der Waals surface area contributed by atoms with E-state index in [0.29, 0.717) is 24.5 Å². The van der Waals surface area contributed by atoms with E-state index in [-0.39, 0.29) is 18.9 Å². The van der Waals surface area contributed by atoms with Crippen LogP contribution in [-0.4, -0.2) is 22.0 Å². The first-order valence-electron chi connectivity index (χ1n) is 6.93. The predicted molar refractivity (Wildman–Crippen MR) is 70.9 cm³/mol. The molecule has 110 valence electrons. The van der Waals surface area contributed by atoms with Crippen LogP contribution < -0.4 is 5.32 Å². The third kappa shape index (κ3) is 3.37. The van der Waals surface area contributed by atoms with Gasteiger partial charge in [0.05, 0.1) is 18.2 Å². The number of amides is 1. The zero-order chi connectivity index (χ0) is 14.6. The fourth-order valence-electron chi connectivity index (χ4n) is 2.72. The topological polar surface area (TPSA) is 92.4 Å². The molecule has 6 nitrogen and oxygen atoms in total. The van der Waals surface area contributed by atoms with Crippen LogP contribution >= 0.6 is 0 Å². The van der Waals surface area contributed by atoms with Gasteiger partial charge in [-0.2, -0.15) is 0 Å². The van der Waals surface area contributed by atoms with Crippen molar-refractivity contribution in [1.29, 1.82) is 0 Å². The summed E-state index contributed by atoms with van der Waals surface area (Å²) >= 11 is 0.